The van der Waals surface area contributed by atoms with Crippen LogP contribution in [0.15, 0.2) is 18.2 Å². The molecular formula is C10H15N3. The largest absolute Gasteiger partial charge is 0.399 e. The van der Waals surface area contributed by atoms with Crippen molar-refractivity contribution in [3.63, 3.8) is 0 Å². The fraction of sp³-hybridized carbons (Fsp3) is 0.400. The van der Waals surface area contributed by atoms with E-state index in [0.717, 1.165) is 12.2 Å². The third-order valence-electron chi connectivity index (χ3n) is 2.65. The van der Waals surface area contributed by atoms with Gasteiger partial charge in [-0.25, -0.2) is 0 Å². The second kappa shape index (κ2) is 2.92. The van der Waals surface area contributed by atoms with Crippen LogP contribution >= 0.6 is 0 Å². The Balaban J connectivity index is 2.46. The Morgan fingerprint density at radius 1 is 1.54 bits per heavy atom. The molecule has 1 atom stereocenters. The number of likely N-dealkylation sites (N-methyl/N-ethyl adjacent to an activating group) is 2. The SMILES string of the molecule is CNC1CN(C)c2cc(N)ccc21. The van der Waals surface area contributed by atoms with Gasteiger partial charge in [-0.05, 0) is 24.7 Å². The van der Waals surface area contributed by atoms with E-state index in [1.54, 1.807) is 0 Å². The first kappa shape index (κ1) is 8.38. The predicted molar refractivity (Wildman–Crippen MR) is 55.9 cm³/mol. The second-order valence-electron chi connectivity index (χ2n) is 3.54. The van der Waals surface area contributed by atoms with Gasteiger partial charge in [0.15, 0.2) is 0 Å². The number of rotatable bonds is 1. The summed E-state index contributed by atoms with van der Waals surface area (Å²) in [5, 5.41) is 3.29. The molecule has 0 bridgehead atoms. The molecule has 3 heteroatoms. The standard InChI is InChI=1S/C10H15N3/c1-12-9-6-13(2)10-5-7(11)3-4-8(9)10/h3-5,9,12H,6,11H2,1-2H3. The van der Waals surface area contributed by atoms with E-state index in [1.807, 2.05) is 19.2 Å². The first-order chi connectivity index (χ1) is 6.22. The molecule has 0 aliphatic carbocycles. The summed E-state index contributed by atoms with van der Waals surface area (Å²) in [6, 6.07) is 6.55. The lowest BCUT2D eigenvalue weighted by Gasteiger charge is -2.11. The Labute approximate surface area is 78.5 Å². The number of anilines is 2. The lowest BCUT2D eigenvalue weighted by molar-refractivity contribution is 0.626. The minimum Gasteiger partial charge on any atom is -0.399 e. The lowest BCUT2D eigenvalue weighted by Crippen LogP contribution is -2.22. The third-order valence-corrected chi connectivity index (χ3v) is 2.65. The Morgan fingerprint density at radius 2 is 2.31 bits per heavy atom. The molecule has 13 heavy (non-hydrogen) atoms. The maximum Gasteiger partial charge on any atom is 0.0516 e. The van der Waals surface area contributed by atoms with Crippen molar-refractivity contribution in [1.82, 2.24) is 5.32 Å². The number of nitrogens with two attached hydrogens (primary N) is 1. The van der Waals surface area contributed by atoms with E-state index in [-0.39, 0.29) is 0 Å². The van der Waals surface area contributed by atoms with Crippen molar-refractivity contribution in [1.29, 1.82) is 0 Å². The highest BCUT2D eigenvalue weighted by Crippen LogP contribution is 2.34. The van der Waals surface area contributed by atoms with Crippen LogP contribution in [0.4, 0.5) is 11.4 Å². The zero-order chi connectivity index (χ0) is 9.42. The molecule has 1 aromatic carbocycles. The molecule has 0 spiro atoms. The van der Waals surface area contributed by atoms with E-state index >= 15 is 0 Å². The van der Waals surface area contributed by atoms with Crippen molar-refractivity contribution in [2.45, 2.75) is 6.04 Å². The summed E-state index contributed by atoms with van der Waals surface area (Å²) < 4.78 is 0. The highest BCUT2D eigenvalue weighted by atomic mass is 15.2. The van der Waals surface area contributed by atoms with E-state index < -0.39 is 0 Å². The first-order valence-electron chi connectivity index (χ1n) is 4.50. The topological polar surface area (TPSA) is 41.3 Å². The number of hydrogen-bond donors (Lipinski definition) is 2. The molecule has 0 fully saturated rings. The third kappa shape index (κ3) is 1.25. The molecule has 0 radical (unpaired) electrons. The van der Waals surface area contributed by atoms with Crippen LogP contribution in [0.3, 0.4) is 0 Å². The Bertz CT molecular complexity index is 322. The normalized spacial score (nSPS) is 20.5. The van der Waals surface area contributed by atoms with Crippen LogP contribution < -0.4 is 16.0 Å². The minimum absolute atomic E-state index is 0.445. The van der Waals surface area contributed by atoms with E-state index in [9.17, 15) is 0 Å². The van der Waals surface area contributed by atoms with Gasteiger partial charge in [-0.1, -0.05) is 6.07 Å². The Morgan fingerprint density at radius 3 is 3.00 bits per heavy atom. The van der Waals surface area contributed by atoms with Crippen molar-refractivity contribution >= 4 is 11.4 Å². The molecule has 1 aliphatic rings. The molecule has 70 valence electrons. The van der Waals surface area contributed by atoms with Crippen LogP contribution in [0.5, 0.6) is 0 Å². The molecule has 3 N–H and O–H groups in total. The van der Waals surface area contributed by atoms with Gasteiger partial charge in [0.05, 0.1) is 6.04 Å². The molecule has 1 aromatic rings. The molecule has 0 aromatic heterocycles. The van der Waals surface area contributed by atoms with Crippen LogP contribution in [0.25, 0.3) is 0 Å². The number of benzene rings is 1. The lowest BCUT2D eigenvalue weighted by atomic mass is 10.1. The summed E-state index contributed by atoms with van der Waals surface area (Å²) in [5.41, 5.74) is 9.16. The summed E-state index contributed by atoms with van der Waals surface area (Å²) in [6.07, 6.45) is 0. The quantitative estimate of drug-likeness (QED) is 0.628. The maximum absolute atomic E-state index is 5.73. The number of nitrogen functional groups attached to an aromatic ring is 1. The van der Waals surface area contributed by atoms with Gasteiger partial charge in [0.2, 0.25) is 0 Å². The fourth-order valence-corrected chi connectivity index (χ4v) is 1.90. The van der Waals surface area contributed by atoms with Crippen molar-refractivity contribution in [2.24, 2.45) is 0 Å². The van der Waals surface area contributed by atoms with Gasteiger partial charge < -0.3 is 16.0 Å². The minimum atomic E-state index is 0.445. The van der Waals surface area contributed by atoms with Gasteiger partial charge in [0, 0.05) is 25.0 Å². The average molecular weight is 177 g/mol. The smallest absolute Gasteiger partial charge is 0.0516 e. The number of fused-ring (bicyclic) bond motifs is 1. The van der Waals surface area contributed by atoms with Crippen molar-refractivity contribution in [2.75, 3.05) is 31.3 Å². The highest BCUT2D eigenvalue weighted by Gasteiger charge is 2.24. The van der Waals surface area contributed by atoms with Crippen molar-refractivity contribution in [3.8, 4) is 0 Å². The molecule has 0 saturated carbocycles. The van der Waals surface area contributed by atoms with Crippen LogP contribution in [0.1, 0.15) is 11.6 Å². The molecule has 3 nitrogen and oxygen atoms in total. The summed E-state index contributed by atoms with van der Waals surface area (Å²) in [7, 11) is 4.08. The molecule has 1 aliphatic heterocycles. The maximum atomic E-state index is 5.73. The average Bonchev–Trinajstić information content (AvgIpc) is 2.43. The van der Waals surface area contributed by atoms with E-state index in [4.69, 9.17) is 5.73 Å². The van der Waals surface area contributed by atoms with Crippen molar-refractivity contribution in [3.05, 3.63) is 23.8 Å². The number of hydrogen-bond acceptors (Lipinski definition) is 3. The van der Waals surface area contributed by atoms with Gasteiger partial charge in [-0.2, -0.15) is 0 Å². The van der Waals surface area contributed by atoms with Crippen LogP contribution in [-0.2, 0) is 0 Å². The molecular weight excluding hydrogens is 162 g/mol. The highest BCUT2D eigenvalue weighted by molar-refractivity contribution is 5.65. The molecule has 0 amide bonds. The molecule has 2 rings (SSSR count). The van der Waals surface area contributed by atoms with E-state index in [2.05, 4.69) is 23.3 Å². The Kier molecular flexibility index (Phi) is 1.88. The van der Waals surface area contributed by atoms with Gasteiger partial charge in [-0.3, -0.25) is 0 Å². The van der Waals surface area contributed by atoms with Gasteiger partial charge in [-0.15, -0.1) is 0 Å². The second-order valence-corrected chi connectivity index (χ2v) is 3.54. The van der Waals surface area contributed by atoms with E-state index in [0.29, 0.717) is 6.04 Å². The summed E-state index contributed by atoms with van der Waals surface area (Å²) in [6.45, 7) is 1.02. The summed E-state index contributed by atoms with van der Waals surface area (Å²) in [5.74, 6) is 0. The molecule has 1 heterocycles. The van der Waals surface area contributed by atoms with Crippen molar-refractivity contribution < 1.29 is 0 Å². The van der Waals surface area contributed by atoms with Crippen LogP contribution in [0, 0.1) is 0 Å². The van der Waals surface area contributed by atoms with Gasteiger partial charge >= 0.3 is 0 Å². The summed E-state index contributed by atoms with van der Waals surface area (Å²) >= 11 is 0. The Hall–Kier alpha value is -1.22. The number of nitrogens with zero attached hydrogens (tertiary/aromatic N) is 1. The molecule has 1 unspecified atom stereocenters. The van der Waals surface area contributed by atoms with Crippen LogP contribution in [-0.4, -0.2) is 20.6 Å². The summed E-state index contributed by atoms with van der Waals surface area (Å²) in [4.78, 5) is 2.23. The fourth-order valence-electron chi connectivity index (χ4n) is 1.90. The first-order valence-corrected chi connectivity index (χ1v) is 4.50. The zero-order valence-electron chi connectivity index (χ0n) is 8.04. The zero-order valence-corrected chi connectivity index (χ0v) is 8.04. The molecule has 0 saturated heterocycles. The predicted octanol–water partition coefficient (Wildman–Crippen LogP) is 0.979. The number of nitrogens with one attached hydrogen (secondary N) is 1. The van der Waals surface area contributed by atoms with Gasteiger partial charge in [0.25, 0.3) is 0 Å². The van der Waals surface area contributed by atoms with Gasteiger partial charge in [0.1, 0.15) is 0 Å². The van der Waals surface area contributed by atoms with E-state index in [1.165, 1.54) is 11.3 Å². The van der Waals surface area contributed by atoms with Crippen LogP contribution in [0.2, 0.25) is 0 Å². The monoisotopic (exact) mass is 177 g/mol.